The van der Waals surface area contributed by atoms with E-state index in [4.69, 9.17) is 4.74 Å². The SMILES string of the molecule is I[I-]CCCCN1CCC2(CCOC2)C1. The number of unbranched alkanes of at least 4 members (excludes halogenated alkanes) is 1. The summed E-state index contributed by atoms with van der Waals surface area (Å²) < 4.78 is 7.05. The van der Waals surface area contributed by atoms with Crippen LogP contribution in [0.2, 0.25) is 0 Å². The molecule has 2 aliphatic heterocycles. The van der Waals surface area contributed by atoms with Gasteiger partial charge in [0.15, 0.2) is 0 Å². The number of likely N-dealkylation sites (tertiary alicyclic amines) is 1. The molecule has 0 aliphatic carbocycles. The van der Waals surface area contributed by atoms with Crippen molar-refractivity contribution in [3.05, 3.63) is 0 Å². The molecule has 2 aliphatic rings. The molecule has 15 heavy (non-hydrogen) atoms. The Morgan fingerprint density at radius 1 is 1.33 bits per heavy atom. The first kappa shape index (κ1) is 12.8. The molecule has 0 aromatic carbocycles. The van der Waals surface area contributed by atoms with Crippen molar-refractivity contribution in [3.63, 3.8) is 0 Å². The number of nitrogens with zero attached hydrogens (tertiary/aromatic N) is 1. The number of hydrogen-bond acceptors (Lipinski definition) is 2. The normalized spacial score (nSPS) is 32.1. The predicted molar refractivity (Wildman–Crippen MR) is 67.0 cm³/mol. The van der Waals surface area contributed by atoms with Gasteiger partial charge in [-0.1, -0.05) is 0 Å². The number of alkyl halides is 1. The monoisotopic (exact) mass is 436 g/mol. The van der Waals surface area contributed by atoms with E-state index in [1.54, 1.807) is 0 Å². The van der Waals surface area contributed by atoms with Crippen LogP contribution in [-0.4, -0.2) is 42.2 Å². The van der Waals surface area contributed by atoms with Gasteiger partial charge < -0.3 is 0 Å². The molecule has 1 atom stereocenters. The topological polar surface area (TPSA) is 12.5 Å². The van der Waals surface area contributed by atoms with Gasteiger partial charge in [0.1, 0.15) is 0 Å². The van der Waals surface area contributed by atoms with Gasteiger partial charge in [0.25, 0.3) is 0 Å². The number of hydrogen-bond donors (Lipinski definition) is 0. The first-order chi connectivity index (χ1) is 7.35. The van der Waals surface area contributed by atoms with Crippen LogP contribution in [0, 0.1) is 5.41 Å². The molecule has 0 saturated carbocycles. The molecule has 0 N–H and O–H groups in total. The van der Waals surface area contributed by atoms with Gasteiger partial charge in [0, 0.05) is 0 Å². The predicted octanol–water partition coefficient (Wildman–Crippen LogP) is -0.682. The average Bonchev–Trinajstić information content (AvgIpc) is 2.85. The standard InChI is InChI=1S/C11H20I2NO/c12-13-5-1-2-6-14-7-3-11(9-14)4-8-15-10-11/h1-10H2/q-1. The molecular weight excluding hydrogens is 416 g/mol. The van der Waals surface area contributed by atoms with Crippen molar-refractivity contribution < 1.29 is 22.0 Å². The summed E-state index contributed by atoms with van der Waals surface area (Å²) in [6.07, 6.45) is 5.56. The molecule has 1 spiro atoms. The first-order valence-corrected chi connectivity index (χ1v) is 13.7. The summed E-state index contributed by atoms with van der Waals surface area (Å²) in [7, 11) is 0. The summed E-state index contributed by atoms with van der Waals surface area (Å²) in [5.41, 5.74) is 0.566. The number of halogens is 2. The zero-order valence-electron chi connectivity index (χ0n) is 9.18. The molecule has 2 fully saturated rings. The summed E-state index contributed by atoms with van der Waals surface area (Å²) in [6.45, 7) is 6.01. The molecule has 0 aromatic heterocycles. The summed E-state index contributed by atoms with van der Waals surface area (Å²) in [6, 6.07) is 0. The Morgan fingerprint density at radius 2 is 2.27 bits per heavy atom. The molecule has 1 unspecified atom stereocenters. The van der Waals surface area contributed by atoms with Crippen LogP contribution in [0.15, 0.2) is 0 Å². The molecule has 0 amide bonds. The van der Waals surface area contributed by atoms with E-state index in [1.807, 2.05) is 0 Å². The Labute approximate surface area is 113 Å². The van der Waals surface area contributed by atoms with E-state index in [-0.39, 0.29) is 0 Å². The molecular formula is C11H20I2NO-. The van der Waals surface area contributed by atoms with Crippen molar-refractivity contribution in [1.29, 1.82) is 0 Å². The van der Waals surface area contributed by atoms with Crippen molar-refractivity contribution in [3.8, 4) is 0 Å². The molecule has 90 valence electrons. The van der Waals surface area contributed by atoms with Crippen LogP contribution in [-0.2, 0) is 4.74 Å². The fourth-order valence-electron chi connectivity index (χ4n) is 2.67. The van der Waals surface area contributed by atoms with Crippen LogP contribution in [0.1, 0.15) is 25.7 Å². The third-order valence-electron chi connectivity index (χ3n) is 3.63. The molecule has 2 heterocycles. The van der Waals surface area contributed by atoms with Crippen molar-refractivity contribution in [2.45, 2.75) is 25.7 Å². The second-order valence-electron chi connectivity index (χ2n) is 4.83. The maximum absolute atomic E-state index is 5.55. The number of ether oxygens (including phenoxy) is 1. The third kappa shape index (κ3) is 3.67. The van der Waals surface area contributed by atoms with E-state index in [1.165, 1.54) is 49.7 Å². The quantitative estimate of drug-likeness (QED) is 0.322. The molecule has 0 radical (unpaired) electrons. The second-order valence-corrected chi connectivity index (χ2v) is 10.3. The van der Waals surface area contributed by atoms with Crippen LogP contribution in [0.5, 0.6) is 0 Å². The van der Waals surface area contributed by atoms with E-state index in [2.05, 4.69) is 23.5 Å². The Kier molecular flexibility index (Phi) is 5.43. The number of rotatable bonds is 5. The molecule has 2 rings (SSSR count). The van der Waals surface area contributed by atoms with Gasteiger partial charge in [0.2, 0.25) is 0 Å². The molecule has 4 heteroatoms. The van der Waals surface area contributed by atoms with E-state index < -0.39 is 0 Å². The maximum atomic E-state index is 5.55. The van der Waals surface area contributed by atoms with Crippen molar-refractivity contribution in [2.75, 3.05) is 37.3 Å². The zero-order valence-corrected chi connectivity index (χ0v) is 13.5. The van der Waals surface area contributed by atoms with Crippen LogP contribution in [0.25, 0.3) is 0 Å². The second kappa shape index (κ2) is 6.35. The summed E-state index contributed by atoms with van der Waals surface area (Å²) in [5, 5.41) is 0. The minimum atomic E-state index is 0.497. The van der Waals surface area contributed by atoms with Gasteiger partial charge in [-0.15, -0.1) is 0 Å². The van der Waals surface area contributed by atoms with Crippen molar-refractivity contribution >= 4 is 18.6 Å². The minimum absolute atomic E-state index is 0.497. The van der Waals surface area contributed by atoms with Crippen LogP contribution in [0.4, 0.5) is 0 Å². The Bertz CT molecular complexity index is 195. The Morgan fingerprint density at radius 3 is 3.00 bits per heavy atom. The fourth-order valence-corrected chi connectivity index (χ4v) is 5.43. The van der Waals surface area contributed by atoms with Crippen LogP contribution < -0.4 is 17.2 Å². The summed E-state index contributed by atoms with van der Waals surface area (Å²) in [4.78, 5) is 2.67. The van der Waals surface area contributed by atoms with Gasteiger partial charge in [-0.25, -0.2) is 0 Å². The van der Waals surface area contributed by atoms with Gasteiger partial charge >= 0.3 is 114 Å². The average molecular weight is 436 g/mol. The van der Waals surface area contributed by atoms with Gasteiger partial charge in [0.05, 0.1) is 0 Å². The van der Waals surface area contributed by atoms with Crippen LogP contribution >= 0.6 is 18.6 Å². The van der Waals surface area contributed by atoms with Crippen molar-refractivity contribution in [1.82, 2.24) is 4.90 Å². The Balaban J connectivity index is 1.64. The molecule has 2 saturated heterocycles. The Hall–Kier alpha value is 1.38. The molecule has 2 nitrogen and oxygen atoms in total. The molecule has 0 aromatic rings. The summed E-state index contributed by atoms with van der Waals surface area (Å²) in [5.74, 6) is 0. The van der Waals surface area contributed by atoms with Gasteiger partial charge in [-0.3, -0.25) is 0 Å². The fraction of sp³-hybridized carbons (Fsp3) is 1.00. The first-order valence-electron chi connectivity index (χ1n) is 5.85. The zero-order chi connectivity index (χ0) is 10.6. The third-order valence-corrected chi connectivity index (χ3v) is 7.54. The van der Waals surface area contributed by atoms with Gasteiger partial charge in [-0.05, 0) is 0 Å². The van der Waals surface area contributed by atoms with E-state index >= 15 is 0 Å². The van der Waals surface area contributed by atoms with E-state index in [0.29, 0.717) is 22.6 Å². The van der Waals surface area contributed by atoms with Gasteiger partial charge in [-0.2, -0.15) is 0 Å². The van der Waals surface area contributed by atoms with E-state index in [0.717, 1.165) is 13.2 Å². The van der Waals surface area contributed by atoms with Crippen molar-refractivity contribution in [2.24, 2.45) is 5.41 Å². The van der Waals surface area contributed by atoms with Crippen LogP contribution in [0.3, 0.4) is 0 Å². The molecule has 0 bridgehead atoms. The van der Waals surface area contributed by atoms with E-state index in [9.17, 15) is 0 Å². The summed E-state index contributed by atoms with van der Waals surface area (Å²) >= 11 is 3.08.